The van der Waals surface area contributed by atoms with E-state index in [9.17, 15) is 9.59 Å². The van der Waals surface area contributed by atoms with Crippen LogP contribution in [0, 0.1) is 6.92 Å². The molecule has 2 rings (SSSR count). The van der Waals surface area contributed by atoms with Crippen LogP contribution in [0.25, 0.3) is 10.9 Å². The Bertz CT molecular complexity index is 719. The van der Waals surface area contributed by atoms with Crippen molar-refractivity contribution in [2.45, 2.75) is 19.8 Å². The Morgan fingerprint density at radius 1 is 1.42 bits per heavy atom. The van der Waals surface area contributed by atoms with Crippen LogP contribution in [0.2, 0.25) is 5.02 Å². The molecule has 0 aliphatic heterocycles. The van der Waals surface area contributed by atoms with Gasteiger partial charge in [0.15, 0.2) is 5.43 Å². The van der Waals surface area contributed by atoms with Crippen LogP contribution in [0.15, 0.2) is 23.0 Å². The molecule has 0 bridgehead atoms. The van der Waals surface area contributed by atoms with Gasteiger partial charge in [-0.3, -0.25) is 9.59 Å². The Morgan fingerprint density at radius 2 is 2.11 bits per heavy atom. The highest BCUT2D eigenvalue weighted by Crippen LogP contribution is 2.19. The van der Waals surface area contributed by atoms with Crippen LogP contribution in [0.4, 0.5) is 0 Å². The fourth-order valence-corrected chi connectivity index (χ4v) is 2.39. The first-order valence-corrected chi connectivity index (χ1v) is 6.29. The summed E-state index contributed by atoms with van der Waals surface area (Å²) in [6.07, 6.45) is 0.179. The lowest BCUT2D eigenvalue weighted by atomic mass is 10.0. The highest BCUT2D eigenvalue weighted by atomic mass is 35.5. The van der Waals surface area contributed by atoms with Gasteiger partial charge in [0.1, 0.15) is 0 Å². The van der Waals surface area contributed by atoms with Crippen LogP contribution < -0.4 is 5.43 Å². The molecule has 0 radical (unpaired) electrons. The van der Waals surface area contributed by atoms with E-state index in [0.717, 1.165) is 11.2 Å². The summed E-state index contributed by atoms with van der Waals surface area (Å²) >= 11 is 5.92. The second-order valence-electron chi connectivity index (χ2n) is 4.51. The summed E-state index contributed by atoms with van der Waals surface area (Å²) in [4.78, 5) is 23.1. The number of aromatic nitrogens is 1. The molecule has 2 aromatic rings. The quantitative estimate of drug-likeness (QED) is 0.939. The van der Waals surface area contributed by atoms with E-state index in [-0.39, 0.29) is 18.3 Å². The number of fused-ring (bicyclic) bond motifs is 1. The number of carbonyl (C=O) groups is 1. The van der Waals surface area contributed by atoms with Crippen molar-refractivity contribution >= 4 is 28.5 Å². The summed E-state index contributed by atoms with van der Waals surface area (Å²) in [6, 6.07) is 5.16. The summed E-state index contributed by atoms with van der Waals surface area (Å²) in [5.74, 6) is -0.910. The van der Waals surface area contributed by atoms with Crippen LogP contribution in [0.1, 0.15) is 17.7 Å². The third-order valence-electron chi connectivity index (χ3n) is 3.37. The molecule has 1 N–H and O–H groups in total. The summed E-state index contributed by atoms with van der Waals surface area (Å²) in [5, 5.41) is 9.78. The molecule has 1 aromatic heterocycles. The Labute approximate surface area is 115 Å². The van der Waals surface area contributed by atoms with E-state index >= 15 is 0 Å². The zero-order valence-electron chi connectivity index (χ0n) is 10.7. The van der Waals surface area contributed by atoms with Gasteiger partial charge in [0, 0.05) is 35.1 Å². The van der Waals surface area contributed by atoms with E-state index in [0.29, 0.717) is 16.0 Å². The Hall–Kier alpha value is -1.81. The zero-order chi connectivity index (χ0) is 14.2. The van der Waals surface area contributed by atoms with E-state index < -0.39 is 5.97 Å². The lowest BCUT2D eigenvalue weighted by molar-refractivity contribution is -0.136. The Kier molecular flexibility index (Phi) is 3.62. The first-order valence-electron chi connectivity index (χ1n) is 5.91. The topological polar surface area (TPSA) is 59.3 Å². The van der Waals surface area contributed by atoms with Gasteiger partial charge in [-0.1, -0.05) is 11.6 Å². The molecular formula is C14H14ClNO3. The maximum Gasteiger partial charge on any atom is 0.303 e. The number of aryl methyl sites for hydroxylation is 1. The predicted octanol–water partition coefficient (Wildman–Crippen LogP) is 2.52. The van der Waals surface area contributed by atoms with Crippen molar-refractivity contribution < 1.29 is 9.90 Å². The lowest BCUT2D eigenvalue weighted by Crippen LogP contribution is -2.18. The molecule has 0 unspecified atom stereocenters. The number of hydrogen-bond donors (Lipinski definition) is 1. The molecule has 1 heterocycles. The number of aliphatic carboxylic acids is 1. The Morgan fingerprint density at radius 3 is 2.74 bits per heavy atom. The minimum atomic E-state index is -0.910. The predicted molar refractivity (Wildman–Crippen MR) is 74.9 cm³/mol. The summed E-state index contributed by atoms with van der Waals surface area (Å²) in [7, 11) is 1.86. The highest BCUT2D eigenvalue weighted by Gasteiger charge is 2.13. The van der Waals surface area contributed by atoms with Crippen LogP contribution in [0.3, 0.4) is 0 Å². The number of halogens is 1. The number of nitrogens with zero attached hydrogens (tertiary/aromatic N) is 1. The fourth-order valence-electron chi connectivity index (χ4n) is 2.22. The van der Waals surface area contributed by atoms with Crippen LogP contribution in [0.5, 0.6) is 0 Å². The number of rotatable bonds is 3. The molecule has 0 saturated heterocycles. The number of benzene rings is 1. The SMILES string of the molecule is Cc1c(CCC(=O)O)c(=O)c2cc(Cl)ccc2n1C. The second-order valence-corrected chi connectivity index (χ2v) is 4.94. The molecule has 4 nitrogen and oxygen atoms in total. The minimum Gasteiger partial charge on any atom is -0.481 e. The molecule has 0 atom stereocenters. The molecule has 0 fully saturated rings. The largest absolute Gasteiger partial charge is 0.481 e. The van der Waals surface area contributed by atoms with Gasteiger partial charge in [-0.2, -0.15) is 0 Å². The van der Waals surface area contributed by atoms with Crippen LogP contribution >= 0.6 is 11.6 Å². The summed E-state index contributed by atoms with van der Waals surface area (Å²) < 4.78 is 1.89. The van der Waals surface area contributed by atoms with Crippen molar-refractivity contribution in [3.05, 3.63) is 44.7 Å². The maximum atomic E-state index is 12.4. The van der Waals surface area contributed by atoms with Gasteiger partial charge in [-0.25, -0.2) is 0 Å². The van der Waals surface area contributed by atoms with Crippen LogP contribution in [-0.4, -0.2) is 15.6 Å². The molecule has 0 aliphatic rings. The van der Waals surface area contributed by atoms with Crippen molar-refractivity contribution in [2.75, 3.05) is 0 Å². The van der Waals surface area contributed by atoms with Gasteiger partial charge in [-0.05, 0) is 31.5 Å². The first-order chi connectivity index (χ1) is 8.91. The van der Waals surface area contributed by atoms with Gasteiger partial charge in [0.05, 0.1) is 5.52 Å². The van der Waals surface area contributed by atoms with Gasteiger partial charge >= 0.3 is 5.97 Å². The number of carboxylic acid groups (broad SMARTS) is 1. The van der Waals surface area contributed by atoms with E-state index in [2.05, 4.69) is 0 Å². The maximum absolute atomic E-state index is 12.4. The van der Waals surface area contributed by atoms with Crippen molar-refractivity contribution in [1.29, 1.82) is 0 Å². The van der Waals surface area contributed by atoms with E-state index in [1.54, 1.807) is 18.2 Å². The number of hydrogen-bond acceptors (Lipinski definition) is 2. The average molecular weight is 280 g/mol. The van der Waals surface area contributed by atoms with Crippen LogP contribution in [-0.2, 0) is 18.3 Å². The monoisotopic (exact) mass is 279 g/mol. The smallest absolute Gasteiger partial charge is 0.303 e. The standard InChI is InChI=1S/C14H14ClNO3/c1-8-10(4-6-13(17)18)14(19)11-7-9(15)3-5-12(11)16(8)2/h3,5,7H,4,6H2,1-2H3,(H,17,18). The molecular weight excluding hydrogens is 266 g/mol. The van der Waals surface area contributed by atoms with Crippen molar-refractivity contribution in [3.63, 3.8) is 0 Å². The molecule has 0 aliphatic carbocycles. The number of pyridine rings is 1. The Balaban J connectivity index is 2.71. The van der Waals surface area contributed by atoms with E-state index in [4.69, 9.17) is 16.7 Å². The zero-order valence-corrected chi connectivity index (χ0v) is 11.5. The van der Waals surface area contributed by atoms with E-state index in [1.807, 2.05) is 18.5 Å². The average Bonchev–Trinajstić information content (AvgIpc) is 2.35. The molecule has 19 heavy (non-hydrogen) atoms. The van der Waals surface area contributed by atoms with Crippen molar-refractivity contribution in [1.82, 2.24) is 4.57 Å². The highest BCUT2D eigenvalue weighted by molar-refractivity contribution is 6.31. The molecule has 0 spiro atoms. The summed E-state index contributed by atoms with van der Waals surface area (Å²) in [5.41, 5.74) is 2.00. The van der Waals surface area contributed by atoms with Gasteiger partial charge in [0.2, 0.25) is 0 Å². The minimum absolute atomic E-state index is 0.0534. The molecule has 0 amide bonds. The van der Waals surface area contributed by atoms with Gasteiger partial charge in [-0.15, -0.1) is 0 Å². The normalized spacial score (nSPS) is 10.9. The molecule has 5 heteroatoms. The van der Waals surface area contributed by atoms with Crippen molar-refractivity contribution in [2.24, 2.45) is 7.05 Å². The lowest BCUT2D eigenvalue weighted by Gasteiger charge is -2.14. The van der Waals surface area contributed by atoms with E-state index in [1.165, 1.54) is 0 Å². The molecule has 0 saturated carbocycles. The van der Waals surface area contributed by atoms with Gasteiger partial charge in [0.25, 0.3) is 0 Å². The third kappa shape index (κ3) is 2.49. The van der Waals surface area contributed by atoms with Crippen molar-refractivity contribution in [3.8, 4) is 0 Å². The fraction of sp³-hybridized carbons (Fsp3) is 0.286. The third-order valence-corrected chi connectivity index (χ3v) is 3.60. The molecule has 1 aromatic carbocycles. The second kappa shape index (κ2) is 5.05. The first kappa shape index (κ1) is 13.6. The van der Waals surface area contributed by atoms with Gasteiger partial charge < -0.3 is 9.67 Å². The summed E-state index contributed by atoms with van der Waals surface area (Å²) in [6.45, 7) is 1.83. The number of carboxylic acids is 1. The molecule has 100 valence electrons.